The summed E-state index contributed by atoms with van der Waals surface area (Å²) in [5, 5.41) is 12.2. The molecule has 0 bridgehead atoms. The van der Waals surface area contributed by atoms with Crippen molar-refractivity contribution in [2.24, 2.45) is 0 Å². The standard InChI is InChI=1S/C14H23NO4S/c1-11(8-13-9-20-12(2)15-13)14(4-5-16)19-10-18-7-6-17-3/h8-9,14,16H,4-7,10H2,1-3H3/b11-8+/t14-/m0/s1. The first-order chi connectivity index (χ1) is 9.67. The Morgan fingerprint density at radius 3 is 2.90 bits per heavy atom. The third-order valence-electron chi connectivity index (χ3n) is 2.70. The van der Waals surface area contributed by atoms with Crippen LogP contribution in [0.25, 0.3) is 6.08 Å². The van der Waals surface area contributed by atoms with Gasteiger partial charge in [0.25, 0.3) is 0 Å². The number of hydrogen-bond donors (Lipinski definition) is 1. The molecule has 1 heterocycles. The summed E-state index contributed by atoms with van der Waals surface area (Å²) < 4.78 is 15.8. The topological polar surface area (TPSA) is 60.8 Å². The molecule has 0 aliphatic carbocycles. The van der Waals surface area contributed by atoms with E-state index in [0.29, 0.717) is 19.6 Å². The van der Waals surface area contributed by atoms with Gasteiger partial charge < -0.3 is 19.3 Å². The molecule has 0 unspecified atom stereocenters. The minimum atomic E-state index is -0.162. The Balaban J connectivity index is 2.49. The molecule has 0 aliphatic rings. The van der Waals surface area contributed by atoms with E-state index in [-0.39, 0.29) is 19.5 Å². The molecule has 0 radical (unpaired) electrons. The van der Waals surface area contributed by atoms with E-state index in [1.807, 2.05) is 25.3 Å². The Morgan fingerprint density at radius 1 is 1.50 bits per heavy atom. The molecule has 1 aromatic heterocycles. The third-order valence-corrected chi connectivity index (χ3v) is 3.49. The number of methoxy groups -OCH3 is 1. The lowest BCUT2D eigenvalue weighted by Crippen LogP contribution is -2.19. The quantitative estimate of drug-likeness (QED) is 0.530. The van der Waals surface area contributed by atoms with Gasteiger partial charge in [-0.15, -0.1) is 11.3 Å². The van der Waals surface area contributed by atoms with Crippen LogP contribution in [0.2, 0.25) is 0 Å². The third kappa shape index (κ3) is 6.58. The fraction of sp³-hybridized carbons (Fsp3) is 0.643. The molecule has 0 spiro atoms. The highest BCUT2D eigenvalue weighted by molar-refractivity contribution is 7.09. The van der Waals surface area contributed by atoms with E-state index in [0.717, 1.165) is 16.3 Å². The lowest BCUT2D eigenvalue weighted by atomic mass is 10.1. The van der Waals surface area contributed by atoms with Gasteiger partial charge in [-0.05, 0) is 25.5 Å². The van der Waals surface area contributed by atoms with E-state index < -0.39 is 0 Å². The summed E-state index contributed by atoms with van der Waals surface area (Å²) in [5.41, 5.74) is 1.96. The molecule has 1 atom stereocenters. The monoisotopic (exact) mass is 301 g/mol. The number of aliphatic hydroxyl groups is 1. The van der Waals surface area contributed by atoms with Gasteiger partial charge in [-0.1, -0.05) is 0 Å². The normalized spacial score (nSPS) is 13.7. The van der Waals surface area contributed by atoms with Crippen LogP contribution in [0.3, 0.4) is 0 Å². The summed E-state index contributed by atoms with van der Waals surface area (Å²) in [6, 6.07) is 0. The Morgan fingerprint density at radius 2 is 2.30 bits per heavy atom. The largest absolute Gasteiger partial charge is 0.396 e. The molecule has 0 saturated heterocycles. The molecule has 0 fully saturated rings. The first-order valence-corrected chi connectivity index (χ1v) is 7.44. The van der Waals surface area contributed by atoms with E-state index in [1.165, 1.54) is 0 Å². The molecule has 0 aromatic carbocycles. The molecule has 20 heavy (non-hydrogen) atoms. The second-order valence-corrected chi connectivity index (χ2v) is 5.43. The summed E-state index contributed by atoms with van der Waals surface area (Å²) in [4.78, 5) is 4.39. The van der Waals surface area contributed by atoms with Gasteiger partial charge in [-0.25, -0.2) is 4.98 Å². The molecule has 6 heteroatoms. The zero-order valence-corrected chi connectivity index (χ0v) is 13.1. The number of thiazole rings is 1. The molecule has 0 aliphatic heterocycles. The maximum atomic E-state index is 9.11. The van der Waals surface area contributed by atoms with Gasteiger partial charge in [0.1, 0.15) is 6.79 Å². The van der Waals surface area contributed by atoms with Crippen molar-refractivity contribution in [3.8, 4) is 0 Å². The van der Waals surface area contributed by atoms with Gasteiger partial charge in [0, 0.05) is 25.5 Å². The van der Waals surface area contributed by atoms with Crippen molar-refractivity contribution in [1.82, 2.24) is 4.98 Å². The number of ether oxygens (including phenoxy) is 3. The Kier molecular flexibility index (Phi) is 8.64. The summed E-state index contributed by atoms with van der Waals surface area (Å²) in [6.07, 6.45) is 2.36. The maximum absolute atomic E-state index is 9.11. The van der Waals surface area contributed by atoms with Crippen molar-refractivity contribution in [1.29, 1.82) is 0 Å². The number of rotatable bonds is 10. The zero-order valence-electron chi connectivity index (χ0n) is 12.3. The van der Waals surface area contributed by atoms with Gasteiger partial charge in [0.2, 0.25) is 0 Å². The minimum absolute atomic E-state index is 0.0734. The predicted octanol–water partition coefficient (Wildman–Crippen LogP) is 2.24. The van der Waals surface area contributed by atoms with Crippen molar-refractivity contribution >= 4 is 17.4 Å². The highest BCUT2D eigenvalue weighted by Crippen LogP contribution is 2.16. The van der Waals surface area contributed by atoms with Gasteiger partial charge in [-0.2, -0.15) is 0 Å². The summed E-state index contributed by atoms with van der Waals surface area (Å²) in [5.74, 6) is 0. The average molecular weight is 301 g/mol. The van der Waals surface area contributed by atoms with E-state index in [1.54, 1.807) is 18.4 Å². The smallest absolute Gasteiger partial charge is 0.147 e. The molecule has 1 rings (SSSR count). The van der Waals surface area contributed by atoms with Crippen molar-refractivity contribution in [3.05, 3.63) is 21.7 Å². The van der Waals surface area contributed by atoms with Gasteiger partial charge >= 0.3 is 0 Å². The lowest BCUT2D eigenvalue weighted by molar-refractivity contribution is -0.0911. The van der Waals surface area contributed by atoms with Gasteiger partial charge in [-0.3, -0.25) is 0 Å². The van der Waals surface area contributed by atoms with Crippen LogP contribution in [0.15, 0.2) is 11.0 Å². The molecular weight excluding hydrogens is 278 g/mol. The maximum Gasteiger partial charge on any atom is 0.147 e. The van der Waals surface area contributed by atoms with Crippen molar-refractivity contribution in [2.45, 2.75) is 26.4 Å². The van der Waals surface area contributed by atoms with Crippen LogP contribution in [-0.2, 0) is 14.2 Å². The van der Waals surface area contributed by atoms with Gasteiger partial charge in [0.05, 0.1) is 30.0 Å². The number of nitrogens with zero attached hydrogens (tertiary/aromatic N) is 1. The molecule has 1 N–H and O–H groups in total. The molecule has 0 amide bonds. The molecule has 0 saturated carbocycles. The number of aromatic nitrogens is 1. The van der Waals surface area contributed by atoms with Gasteiger partial charge in [0.15, 0.2) is 0 Å². The van der Waals surface area contributed by atoms with Crippen LogP contribution in [0, 0.1) is 6.92 Å². The predicted molar refractivity (Wildman–Crippen MR) is 79.8 cm³/mol. The van der Waals surface area contributed by atoms with Crippen molar-refractivity contribution in [3.63, 3.8) is 0 Å². The fourth-order valence-electron chi connectivity index (χ4n) is 1.66. The average Bonchev–Trinajstić information content (AvgIpc) is 2.82. The van der Waals surface area contributed by atoms with E-state index >= 15 is 0 Å². The Bertz CT molecular complexity index is 406. The summed E-state index contributed by atoms with van der Waals surface area (Å²) in [7, 11) is 1.63. The number of hydrogen-bond acceptors (Lipinski definition) is 6. The Labute approximate surface area is 124 Å². The van der Waals surface area contributed by atoms with Crippen LogP contribution in [0.5, 0.6) is 0 Å². The first-order valence-electron chi connectivity index (χ1n) is 6.56. The number of aryl methyl sites for hydroxylation is 1. The van der Waals surface area contributed by atoms with Crippen molar-refractivity contribution in [2.75, 3.05) is 33.7 Å². The fourth-order valence-corrected chi connectivity index (χ4v) is 2.23. The molecule has 114 valence electrons. The molecule has 1 aromatic rings. The highest BCUT2D eigenvalue weighted by atomic mass is 32.1. The minimum Gasteiger partial charge on any atom is -0.396 e. The highest BCUT2D eigenvalue weighted by Gasteiger charge is 2.11. The lowest BCUT2D eigenvalue weighted by Gasteiger charge is -2.17. The van der Waals surface area contributed by atoms with Crippen molar-refractivity contribution < 1.29 is 19.3 Å². The van der Waals surface area contributed by atoms with E-state index in [9.17, 15) is 0 Å². The van der Waals surface area contributed by atoms with Crippen LogP contribution in [-0.4, -0.2) is 49.9 Å². The summed E-state index contributed by atoms with van der Waals surface area (Å²) >= 11 is 1.61. The SMILES string of the molecule is COCCOCO[C@@H](CCO)/C(C)=C/c1csc(C)n1. The van der Waals surface area contributed by atoms with Crippen LogP contribution in [0.4, 0.5) is 0 Å². The van der Waals surface area contributed by atoms with Crippen LogP contribution < -0.4 is 0 Å². The van der Waals surface area contributed by atoms with E-state index in [4.69, 9.17) is 19.3 Å². The molecular formula is C14H23NO4S. The first kappa shape index (κ1) is 17.3. The zero-order chi connectivity index (χ0) is 14.8. The Hall–Kier alpha value is -0.790. The van der Waals surface area contributed by atoms with Crippen LogP contribution >= 0.6 is 11.3 Å². The molecule has 5 nitrogen and oxygen atoms in total. The van der Waals surface area contributed by atoms with Crippen LogP contribution in [0.1, 0.15) is 24.0 Å². The second kappa shape index (κ2) is 10.0. The summed E-state index contributed by atoms with van der Waals surface area (Å²) in [6.45, 7) is 5.25. The van der Waals surface area contributed by atoms with E-state index in [2.05, 4.69) is 4.98 Å². The number of aliphatic hydroxyl groups excluding tert-OH is 1. The second-order valence-electron chi connectivity index (χ2n) is 4.37.